The second-order valence-corrected chi connectivity index (χ2v) is 6.68. The van der Waals surface area contributed by atoms with Crippen LogP contribution in [-0.2, 0) is 21.4 Å². The van der Waals surface area contributed by atoms with E-state index in [1.807, 2.05) is 19.9 Å². The Morgan fingerprint density at radius 1 is 1.43 bits per heavy atom. The predicted molar refractivity (Wildman–Crippen MR) is 79.6 cm³/mol. The molecule has 7 nitrogen and oxygen atoms in total. The minimum Gasteiger partial charge on any atom is -0.481 e. The van der Waals surface area contributed by atoms with Gasteiger partial charge >= 0.3 is 0 Å². The number of sulfonamides is 1. The third-order valence-electron chi connectivity index (χ3n) is 2.85. The van der Waals surface area contributed by atoms with E-state index < -0.39 is 22.0 Å². The molecule has 0 aliphatic rings. The number of methoxy groups -OCH3 is 1. The van der Waals surface area contributed by atoms with E-state index in [9.17, 15) is 13.2 Å². The number of pyridine rings is 1. The molecule has 8 heteroatoms. The van der Waals surface area contributed by atoms with E-state index in [0.29, 0.717) is 5.88 Å². The van der Waals surface area contributed by atoms with Crippen LogP contribution in [0.15, 0.2) is 6.07 Å². The number of aryl methyl sites for hydroxylation is 2. The minimum atomic E-state index is -3.43. The Bertz CT molecular complexity index is 629. The molecule has 1 aromatic heterocycles. The summed E-state index contributed by atoms with van der Waals surface area (Å²) in [6.07, 6.45) is 1.01. The minimum absolute atomic E-state index is 0.219. The van der Waals surface area contributed by atoms with E-state index >= 15 is 0 Å². The Morgan fingerprint density at radius 2 is 2.05 bits per heavy atom. The molecule has 1 rings (SSSR count). The van der Waals surface area contributed by atoms with Crippen LogP contribution < -0.4 is 14.8 Å². The number of carbonyl (C=O) groups is 1. The third kappa shape index (κ3) is 5.31. The normalized spacial score (nSPS) is 12.8. The zero-order valence-electron chi connectivity index (χ0n) is 12.9. The zero-order chi connectivity index (χ0) is 16.2. The summed E-state index contributed by atoms with van der Waals surface area (Å²) in [6, 6.07) is 1.05. The summed E-state index contributed by atoms with van der Waals surface area (Å²) in [5, 5.41) is 2.67. The molecule has 1 atom stereocenters. The molecular formula is C13H21N3O4S. The first-order chi connectivity index (χ1) is 9.64. The summed E-state index contributed by atoms with van der Waals surface area (Å²) in [5.74, 6) is 0.0407. The van der Waals surface area contributed by atoms with Crippen LogP contribution in [0.25, 0.3) is 0 Å². The molecule has 0 radical (unpaired) electrons. The summed E-state index contributed by atoms with van der Waals surface area (Å²) in [5.41, 5.74) is 2.54. The smallest absolute Gasteiger partial charge is 0.238 e. The quantitative estimate of drug-likeness (QED) is 0.785. The summed E-state index contributed by atoms with van der Waals surface area (Å²) < 4.78 is 29.6. The molecule has 0 saturated heterocycles. The van der Waals surface area contributed by atoms with Crippen molar-refractivity contribution in [3.05, 3.63) is 22.9 Å². The van der Waals surface area contributed by atoms with Crippen molar-refractivity contribution < 1.29 is 17.9 Å². The molecule has 1 heterocycles. The van der Waals surface area contributed by atoms with Crippen molar-refractivity contribution in [2.24, 2.45) is 0 Å². The molecule has 1 aromatic rings. The van der Waals surface area contributed by atoms with Crippen molar-refractivity contribution in [3.63, 3.8) is 0 Å². The fourth-order valence-corrected chi connectivity index (χ4v) is 2.67. The van der Waals surface area contributed by atoms with Gasteiger partial charge in [-0.3, -0.25) is 4.79 Å². The lowest BCUT2D eigenvalue weighted by molar-refractivity contribution is -0.122. The first-order valence-electron chi connectivity index (χ1n) is 6.40. The van der Waals surface area contributed by atoms with E-state index in [2.05, 4.69) is 15.0 Å². The van der Waals surface area contributed by atoms with Gasteiger partial charge in [-0.05, 0) is 32.4 Å². The molecule has 0 aromatic carbocycles. The molecule has 0 spiro atoms. The molecule has 118 valence electrons. The predicted octanol–water partition coefficient (Wildman–Crippen LogP) is 0.261. The number of nitrogens with zero attached hydrogens (tertiary/aromatic N) is 1. The Hall–Kier alpha value is -1.67. The highest BCUT2D eigenvalue weighted by Gasteiger charge is 2.18. The van der Waals surface area contributed by atoms with Gasteiger partial charge in [0.15, 0.2) is 0 Å². The van der Waals surface area contributed by atoms with Gasteiger partial charge in [0.1, 0.15) is 0 Å². The van der Waals surface area contributed by atoms with Crippen molar-refractivity contribution in [1.82, 2.24) is 15.0 Å². The van der Waals surface area contributed by atoms with Crippen LogP contribution in [0.4, 0.5) is 0 Å². The molecular weight excluding hydrogens is 294 g/mol. The number of ether oxygens (including phenoxy) is 1. The SMILES string of the molecule is COc1nc(C)cc(C)c1CNC(=O)[C@@H](C)NS(C)(=O)=O. The van der Waals surface area contributed by atoms with Crippen LogP contribution in [0.3, 0.4) is 0 Å². The number of amides is 1. The van der Waals surface area contributed by atoms with E-state index in [1.54, 1.807) is 0 Å². The van der Waals surface area contributed by atoms with Crippen LogP contribution in [0.2, 0.25) is 0 Å². The Balaban J connectivity index is 2.78. The monoisotopic (exact) mass is 315 g/mol. The van der Waals surface area contributed by atoms with Gasteiger partial charge < -0.3 is 10.1 Å². The van der Waals surface area contributed by atoms with E-state index in [4.69, 9.17) is 4.74 Å². The third-order valence-corrected chi connectivity index (χ3v) is 3.64. The summed E-state index contributed by atoms with van der Waals surface area (Å²) in [7, 11) is -1.91. The van der Waals surface area contributed by atoms with Crippen molar-refractivity contribution in [2.45, 2.75) is 33.4 Å². The van der Waals surface area contributed by atoms with Gasteiger partial charge in [0.05, 0.1) is 19.4 Å². The second kappa shape index (κ2) is 6.86. The number of aromatic nitrogens is 1. The van der Waals surface area contributed by atoms with Gasteiger partial charge in [0.25, 0.3) is 0 Å². The maximum Gasteiger partial charge on any atom is 0.238 e. The summed E-state index contributed by atoms with van der Waals surface area (Å²) in [4.78, 5) is 16.1. The van der Waals surface area contributed by atoms with Crippen molar-refractivity contribution in [3.8, 4) is 5.88 Å². The molecule has 0 unspecified atom stereocenters. The molecule has 0 saturated carbocycles. The number of nitrogens with one attached hydrogen (secondary N) is 2. The van der Waals surface area contributed by atoms with E-state index in [-0.39, 0.29) is 6.54 Å². The number of rotatable bonds is 6. The maximum absolute atomic E-state index is 11.9. The van der Waals surface area contributed by atoms with Crippen molar-refractivity contribution in [1.29, 1.82) is 0 Å². The summed E-state index contributed by atoms with van der Waals surface area (Å²) >= 11 is 0. The highest BCUT2D eigenvalue weighted by molar-refractivity contribution is 7.88. The van der Waals surface area contributed by atoms with Gasteiger partial charge in [0, 0.05) is 17.8 Å². The Morgan fingerprint density at radius 3 is 2.57 bits per heavy atom. The zero-order valence-corrected chi connectivity index (χ0v) is 13.7. The number of carbonyl (C=O) groups excluding carboxylic acids is 1. The molecule has 21 heavy (non-hydrogen) atoms. The molecule has 0 bridgehead atoms. The van der Waals surface area contributed by atoms with Crippen LogP contribution in [0.5, 0.6) is 5.88 Å². The number of hydrogen-bond acceptors (Lipinski definition) is 5. The summed E-state index contributed by atoms with van der Waals surface area (Å²) in [6.45, 7) is 5.46. The number of hydrogen-bond donors (Lipinski definition) is 2. The van der Waals surface area contributed by atoms with E-state index in [0.717, 1.165) is 23.1 Å². The van der Waals surface area contributed by atoms with Gasteiger partial charge in [-0.2, -0.15) is 0 Å². The second-order valence-electron chi connectivity index (χ2n) is 4.90. The lowest BCUT2D eigenvalue weighted by Gasteiger charge is -2.15. The molecule has 0 fully saturated rings. The van der Waals surface area contributed by atoms with E-state index in [1.165, 1.54) is 14.0 Å². The molecule has 0 aliphatic carbocycles. The van der Waals surface area contributed by atoms with Crippen LogP contribution >= 0.6 is 0 Å². The molecule has 1 amide bonds. The highest BCUT2D eigenvalue weighted by Crippen LogP contribution is 2.20. The molecule has 2 N–H and O–H groups in total. The fourth-order valence-electron chi connectivity index (χ4n) is 1.92. The topological polar surface area (TPSA) is 97.4 Å². The lowest BCUT2D eigenvalue weighted by atomic mass is 10.1. The van der Waals surface area contributed by atoms with Gasteiger partial charge in [0.2, 0.25) is 21.8 Å². The van der Waals surface area contributed by atoms with Crippen molar-refractivity contribution in [2.75, 3.05) is 13.4 Å². The first-order valence-corrected chi connectivity index (χ1v) is 8.29. The maximum atomic E-state index is 11.9. The van der Waals surface area contributed by atoms with Gasteiger partial charge in [-0.25, -0.2) is 18.1 Å². The lowest BCUT2D eigenvalue weighted by Crippen LogP contribution is -2.44. The van der Waals surface area contributed by atoms with Crippen LogP contribution in [0.1, 0.15) is 23.7 Å². The average molecular weight is 315 g/mol. The van der Waals surface area contributed by atoms with Crippen molar-refractivity contribution >= 4 is 15.9 Å². The van der Waals surface area contributed by atoms with Gasteiger partial charge in [-0.15, -0.1) is 0 Å². The average Bonchev–Trinajstić information content (AvgIpc) is 2.34. The standard InChI is InChI=1S/C13H21N3O4S/c1-8-6-9(2)15-13(20-4)11(8)7-14-12(17)10(3)16-21(5,18)19/h6,10,16H,7H2,1-5H3,(H,14,17)/t10-/m1/s1. The Kier molecular flexibility index (Phi) is 5.68. The first kappa shape index (κ1) is 17.4. The van der Waals surface area contributed by atoms with Crippen LogP contribution in [0, 0.1) is 13.8 Å². The highest BCUT2D eigenvalue weighted by atomic mass is 32.2. The largest absolute Gasteiger partial charge is 0.481 e. The Labute approximate surface area is 125 Å². The fraction of sp³-hybridized carbons (Fsp3) is 0.538. The van der Waals surface area contributed by atoms with Crippen LogP contribution in [-0.4, -0.2) is 38.7 Å². The molecule has 0 aliphatic heterocycles. The van der Waals surface area contributed by atoms with Gasteiger partial charge in [-0.1, -0.05) is 0 Å².